The van der Waals surface area contributed by atoms with Crippen LogP contribution in [0.25, 0.3) is 0 Å². The predicted octanol–water partition coefficient (Wildman–Crippen LogP) is 3.87. The molecule has 6 heteroatoms. The third-order valence-electron chi connectivity index (χ3n) is 4.62. The summed E-state index contributed by atoms with van der Waals surface area (Å²) >= 11 is 0. The van der Waals surface area contributed by atoms with Gasteiger partial charge in [-0.3, -0.25) is 0 Å². The summed E-state index contributed by atoms with van der Waals surface area (Å²) in [6.07, 6.45) is 2.47. The standard InChI is InChI=1S/C22H28N4O2/c1-4-18-14-19(21(28-6-3)15-20(18)27-5-2)12-13-22-23-24-25-26(22)16-17-10-8-7-9-11-17/h7-11,14-15H,4-6,12-13,16H2,1-3H3. The molecule has 0 radical (unpaired) electrons. The average molecular weight is 380 g/mol. The van der Waals surface area contributed by atoms with Crippen molar-refractivity contribution in [2.24, 2.45) is 0 Å². The zero-order chi connectivity index (χ0) is 19.8. The Morgan fingerprint density at radius 2 is 1.57 bits per heavy atom. The third-order valence-corrected chi connectivity index (χ3v) is 4.62. The van der Waals surface area contributed by atoms with E-state index in [1.807, 2.05) is 42.8 Å². The first kappa shape index (κ1) is 19.9. The van der Waals surface area contributed by atoms with Crippen molar-refractivity contribution < 1.29 is 9.47 Å². The van der Waals surface area contributed by atoms with Crippen molar-refractivity contribution in [3.05, 3.63) is 65.0 Å². The zero-order valence-electron chi connectivity index (χ0n) is 16.9. The molecule has 0 aliphatic carbocycles. The van der Waals surface area contributed by atoms with E-state index in [1.165, 1.54) is 11.1 Å². The number of aromatic nitrogens is 4. The molecular weight excluding hydrogens is 352 g/mol. The van der Waals surface area contributed by atoms with Crippen LogP contribution in [0.3, 0.4) is 0 Å². The van der Waals surface area contributed by atoms with Gasteiger partial charge in [-0.15, -0.1) is 5.10 Å². The van der Waals surface area contributed by atoms with Gasteiger partial charge in [-0.1, -0.05) is 37.3 Å². The minimum absolute atomic E-state index is 0.621. The molecule has 6 nitrogen and oxygen atoms in total. The number of tetrazole rings is 1. The fourth-order valence-electron chi connectivity index (χ4n) is 3.24. The van der Waals surface area contributed by atoms with Crippen molar-refractivity contribution in [1.82, 2.24) is 20.2 Å². The molecule has 0 saturated heterocycles. The van der Waals surface area contributed by atoms with Crippen LogP contribution in [-0.4, -0.2) is 33.4 Å². The Hall–Kier alpha value is -2.89. The predicted molar refractivity (Wildman–Crippen MR) is 109 cm³/mol. The molecule has 0 N–H and O–H groups in total. The summed E-state index contributed by atoms with van der Waals surface area (Å²) in [6.45, 7) is 8.08. The third kappa shape index (κ3) is 4.88. The van der Waals surface area contributed by atoms with E-state index in [2.05, 4.69) is 40.6 Å². The van der Waals surface area contributed by atoms with Gasteiger partial charge < -0.3 is 9.47 Å². The largest absolute Gasteiger partial charge is 0.493 e. The average Bonchev–Trinajstić information content (AvgIpc) is 3.15. The molecule has 0 aliphatic rings. The second-order valence-electron chi connectivity index (χ2n) is 6.53. The lowest BCUT2D eigenvalue weighted by atomic mass is 10.0. The van der Waals surface area contributed by atoms with Gasteiger partial charge in [0.2, 0.25) is 0 Å². The number of hydrogen-bond acceptors (Lipinski definition) is 5. The van der Waals surface area contributed by atoms with Gasteiger partial charge in [0.15, 0.2) is 5.82 Å². The van der Waals surface area contributed by atoms with E-state index in [-0.39, 0.29) is 0 Å². The van der Waals surface area contributed by atoms with Crippen molar-refractivity contribution in [1.29, 1.82) is 0 Å². The number of aryl methyl sites for hydroxylation is 3. The number of nitrogens with zero attached hydrogens (tertiary/aromatic N) is 4. The number of ether oxygens (including phenoxy) is 2. The second kappa shape index (κ2) is 9.88. The zero-order valence-corrected chi connectivity index (χ0v) is 16.9. The monoisotopic (exact) mass is 380 g/mol. The molecule has 0 atom stereocenters. The van der Waals surface area contributed by atoms with Gasteiger partial charge in [0.25, 0.3) is 0 Å². The number of benzene rings is 2. The minimum Gasteiger partial charge on any atom is -0.493 e. The molecule has 28 heavy (non-hydrogen) atoms. The van der Waals surface area contributed by atoms with Crippen LogP contribution in [-0.2, 0) is 25.8 Å². The maximum Gasteiger partial charge on any atom is 0.151 e. The lowest BCUT2D eigenvalue weighted by Gasteiger charge is -2.16. The van der Waals surface area contributed by atoms with Gasteiger partial charge >= 0.3 is 0 Å². The first-order chi connectivity index (χ1) is 13.7. The van der Waals surface area contributed by atoms with Crippen molar-refractivity contribution in [2.75, 3.05) is 13.2 Å². The van der Waals surface area contributed by atoms with Crippen LogP contribution in [0.1, 0.15) is 43.3 Å². The first-order valence-corrected chi connectivity index (χ1v) is 9.95. The molecule has 0 unspecified atom stereocenters. The highest BCUT2D eigenvalue weighted by molar-refractivity contribution is 5.47. The van der Waals surface area contributed by atoms with E-state index in [9.17, 15) is 0 Å². The van der Waals surface area contributed by atoms with Crippen LogP contribution >= 0.6 is 0 Å². The Kier molecular flexibility index (Phi) is 7.00. The van der Waals surface area contributed by atoms with Crippen LogP contribution < -0.4 is 9.47 Å². The van der Waals surface area contributed by atoms with Gasteiger partial charge in [0.05, 0.1) is 19.8 Å². The molecule has 0 fully saturated rings. The highest BCUT2D eigenvalue weighted by Crippen LogP contribution is 2.31. The second-order valence-corrected chi connectivity index (χ2v) is 6.53. The fraction of sp³-hybridized carbons (Fsp3) is 0.409. The molecule has 3 rings (SSSR count). The van der Waals surface area contributed by atoms with Gasteiger partial charge in [-0.25, -0.2) is 4.68 Å². The number of rotatable bonds is 10. The van der Waals surface area contributed by atoms with E-state index in [1.54, 1.807) is 0 Å². The molecule has 0 bridgehead atoms. The Morgan fingerprint density at radius 1 is 0.857 bits per heavy atom. The maximum atomic E-state index is 5.88. The van der Waals surface area contributed by atoms with E-state index in [0.717, 1.165) is 42.1 Å². The summed E-state index contributed by atoms with van der Waals surface area (Å²) < 4.78 is 13.5. The molecule has 148 valence electrons. The summed E-state index contributed by atoms with van der Waals surface area (Å²) in [5.41, 5.74) is 3.54. The minimum atomic E-state index is 0.621. The molecule has 1 heterocycles. The first-order valence-electron chi connectivity index (χ1n) is 9.95. The van der Waals surface area contributed by atoms with E-state index in [0.29, 0.717) is 19.8 Å². The molecule has 0 amide bonds. The van der Waals surface area contributed by atoms with Crippen molar-refractivity contribution in [3.8, 4) is 11.5 Å². The SMILES string of the molecule is CCOc1cc(OCC)c(CCc2nnnn2Cc2ccccc2)cc1CC. The lowest BCUT2D eigenvalue weighted by molar-refractivity contribution is 0.318. The molecular formula is C22H28N4O2. The summed E-state index contributed by atoms with van der Waals surface area (Å²) in [5, 5.41) is 12.3. The Bertz CT molecular complexity index is 877. The van der Waals surface area contributed by atoms with Crippen LogP contribution in [0.2, 0.25) is 0 Å². The van der Waals surface area contributed by atoms with Crippen LogP contribution in [0.15, 0.2) is 42.5 Å². The Balaban J connectivity index is 1.78. The molecule has 0 spiro atoms. The van der Waals surface area contributed by atoms with Gasteiger partial charge in [-0.2, -0.15) is 0 Å². The maximum absolute atomic E-state index is 5.88. The van der Waals surface area contributed by atoms with Crippen molar-refractivity contribution in [2.45, 2.75) is 46.6 Å². The Morgan fingerprint density at radius 3 is 2.25 bits per heavy atom. The molecule has 3 aromatic rings. The summed E-state index contributed by atoms with van der Waals surface area (Å²) in [4.78, 5) is 0. The van der Waals surface area contributed by atoms with Crippen molar-refractivity contribution in [3.63, 3.8) is 0 Å². The molecule has 0 aliphatic heterocycles. The highest BCUT2D eigenvalue weighted by atomic mass is 16.5. The fourth-order valence-corrected chi connectivity index (χ4v) is 3.24. The highest BCUT2D eigenvalue weighted by Gasteiger charge is 2.13. The summed E-state index contributed by atoms with van der Waals surface area (Å²) in [7, 11) is 0. The van der Waals surface area contributed by atoms with E-state index in [4.69, 9.17) is 9.47 Å². The van der Waals surface area contributed by atoms with Crippen molar-refractivity contribution >= 4 is 0 Å². The topological polar surface area (TPSA) is 62.1 Å². The smallest absolute Gasteiger partial charge is 0.151 e. The van der Waals surface area contributed by atoms with Crippen LogP contribution in [0, 0.1) is 0 Å². The van der Waals surface area contributed by atoms with E-state index < -0.39 is 0 Å². The summed E-state index contributed by atoms with van der Waals surface area (Å²) in [6, 6.07) is 14.4. The quantitative estimate of drug-likeness (QED) is 0.534. The van der Waals surface area contributed by atoms with E-state index >= 15 is 0 Å². The normalized spacial score (nSPS) is 10.8. The Labute approximate surface area is 166 Å². The lowest BCUT2D eigenvalue weighted by Crippen LogP contribution is -2.09. The molecule has 2 aromatic carbocycles. The van der Waals surface area contributed by atoms with Gasteiger partial charge in [0.1, 0.15) is 11.5 Å². The number of hydrogen-bond donors (Lipinski definition) is 0. The molecule has 0 saturated carbocycles. The molecule has 1 aromatic heterocycles. The van der Waals surface area contributed by atoms with Crippen LogP contribution in [0.4, 0.5) is 0 Å². The van der Waals surface area contributed by atoms with Gasteiger partial charge in [0, 0.05) is 12.5 Å². The van der Waals surface area contributed by atoms with Gasteiger partial charge in [-0.05, 0) is 59.9 Å². The summed E-state index contributed by atoms with van der Waals surface area (Å²) in [5.74, 6) is 2.66. The van der Waals surface area contributed by atoms with Crippen LogP contribution in [0.5, 0.6) is 11.5 Å².